The first-order valence-corrected chi connectivity index (χ1v) is 12.2. The molecule has 32 heavy (non-hydrogen) atoms. The summed E-state index contributed by atoms with van der Waals surface area (Å²) in [6.07, 6.45) is 6.78. The molecule has 0 amide bonds. The Labute approximate surface area is 193 Å². The highest BCUT2D eigenvalue weighted by Gasteiger charge is 2.26. The quantitative estimate of drug-likeness (QED) is 0.513. The van der Waals surface area contributed by atoms with E-state index in [1.165, 1.54) is 18.4 Å². The van der Waals surface area contributed by atoms with E-state index in [-0.39, 0.29) is 0 Å². The largest absolute Gasteiger partial charge is 0.357 e. The average molecular weight is 435 g/mol. The van der Waals surface area contributed by atoms with Gasteiger partial charge >= 0.3 is 0 Å². The van der Waals surface area contributed by atoms with E-state index in [2.05, 4.69) is 81.7 Å². The number of rotatable bonds is 7. The van der Waals surface area contributed by atoms with Crippen LogP contribution in [-0.4, -0.2) is 54.1 Å². The summed E-state index contributed by atoms with van der Waals surface area (Å²) in [5.41, 5.74) is 2.54. The van der Waals surface area contributed by atoms with Gasteiger partial charge in [-0.1, -0.05) is 36.4 Å². The number of pyridine rings is 1. The lowest BCUT2D eigenvalue weighted by molar-refractivity contribution is 0.134. The van der Waals surface area contributed by atoms with Crippen molar-refractivity contribution in [1.82, 2.24) is 20.5 Å². The second kappa shape index (κ2) is 11.3. The summed E-state index contributed by atoms with van der Waals surface area (Å²) in [6, 6.07) is 16.1. The van der Waals surface area contributed by atoms with Gasteiger partial charge in [0.05, 0.1) is 6.54 Å². The number of aromatic nitrogens is 1. The third-order valence-corrected chi connectivity index (χ3v) is 6.59. The minimum Gasteiger partial charge on any atom is -0.357 e. The molecule has 1 aromatic heterocycles. The predicted octanol–water partition coefficient (Wildman–Crippen LogP) is 3.79. The molecule has 0 aliphatic carbocycles. The first-order chi connectivity index (χ1) is 15.7. The van der Waals surface area contributed by atoms with Gasteiger partial charge < -0.3 is 15.5 Å². The Morgan fingerprint density at radius 1 is 1.06 bits per heavy atom. The van der Waals surface area contributed by atoms with E-state index in [1.807, 2.05) is 6.20 Å². The number of anilines is 1. The van der Waals surface area contributed by atoms with E-state index in [4.69, 9.17) is 4.99 Å². The van der Waals surface area contributed by atoms with Crippen molar-refractivity contribution < 1.29 is 0 Å². The van der Waals surface area contributed by atoms with Crippen molar-refractivity contribution in [3.05, 3.63) is 59.8 Å². The van der Waals surface area contributed by atoms with Gasteiger partial charge in [0, 0.05) is 51.0 Å². The van der Waals surface area contributed by atoms with Gasteiger partial charge in [0.1, 0.15) is 5.82 Å². The molecule has 2 N–H and O–H groups in total. The van der Waals surface area contributed by atoms with Crippen LogP contribution in [0, 0.1) is 0 Å². The van der Waals surface area contributed by atoms with Crippen LogP contribution in [-0.2, 0) is 13.1 Å². The van der Waals surface area contributed by atoms with E-state index in [9.17, 15) is 0 Å². The molecule has 4 rings (SSSR count). The standard InChI is InChI=1S/C26H38N6/c1-3-27-26(29-19-23-11-12-25(28-18-23)31-14-7-8-15-31)30-24-13-16-32(21(2)17-24)20-22-9-5-4-6-10-22/h4-6,9-12,18,21,24H,3,7-8,13-17,19-20H2,1-2H3,(H2,27,29,30). The molecule has 2 aliphatic heterocycles. The Morgan fingerprint density at radius 2 is 1.88 bits per heavy atom. The summed E-state index contributed by atoms with van der Waals surface area (Å²) < 4.78 is 0. The van der Waals surface area contributed by atoms with Crippen LogP contribution >= 0.6 is 0 Å². The molecule has 2 fully saturated rings. The summed E-state index contributed by atoms with van der Waals surface area (Å²) in [7, 11) is 0. The normalized spacial score (nSPS) is 22.2. The average Bonchev–Trinajstić information content (AvgIpc) is 3.36. The SMILES string of the molecule is CCNC(=NCc1ccc(N2CCCC2)nc1)NC1CCN(Cc2ccccc2)C(C)C1. The number of aliphatic imine (C=N–C) groups is 1. The number of piperidine rings is 1. The van der Waals surface area contributed by atoms with Gasteiger partial charge in [-0.05, 0) is 56.7 Å². The maximum absolute atomic E-state index is 4.84. The number of benzene rings is 1. The molecule has 2 unspecified atom stereocenters. The van der Waals surface area contributed by atoms with Crippen molar-refractivity contribution in [2.75, 3.05) is 31.1 Å². The van der Waals surface area contributed by atoms with Gasteiger partial charge in [0.2, 0.25) is 0 Å². The molecule has 0 saturated carbocycles. The summed E-state index contributed by atoms with van der Waals surface area (Å²) in [4.78, 5) is 14.5. The lowest BCUT2D eigenvalue weighted by Gasteiger charge is -2.38. The van der Waals surface area contributed by atoms with Gasteiger partial charge in [-0.15, -0.1) is 0 Å². The molecule has 2 atom stereocenters. The molecule has 3 heterocycles. The molecule has 1 aromatic carbocycles. The number of nitrogens with zero attached hydrogens (tertiary/aromatic N) is 4. The summed E-state index contributed by atoms with van der Waals surface area (Å²) in [5.74, 6) is 2.00. The molecule has 172 valence electrons. The van der Waals surface area contributed by atoms with Gasteiger partial charge in [-0.2, -0.15) is 0 Å². The Morgan fingerprint density at radius 3 is 2.56 bits per heavy atom. The lowest BCUT2D eigenvalue weighted by Crippen LogP contribution is -2.51. The molecule has 0 radical (unpaired) electrons. The zero-order chi connectivity index (χ0) is 22.2. The highest BCUT2D eigenvalue weighted by Crippen LogP contribution is 2.20. The van der Waals surface area contributed by atoms with Crippen molar-refractivity contribution in [1.29, 1.82) is 0 Å². The van der Waals surface area contributed by atoms with Crippen molar-refractivity contribution in [3.63, 3.8) is 0 Å². The van der Waals surface area contributed by atoms with Crippen LogP contribution in [0.2, 0.25) is 0 Å². The Bertz CT molecular complexity index is 844. The topological polar surface area (TPSA) is 55.8 Å². The molecule has 6 heteroatoms. The summed E-state index contributed by atoms with van der Waals surface area (Å²) in [5, 5.41) is 7.10. The third-order valence-electron chi connectivity index (χ3n) is 6.59. The van der Waals surface area contributed by atoms with Crippen LogP contribution in [0.15, 0.2) is 53.7 Å². The molecule has 0 bridgehead atoms. The van der Waals surface area contributed by atoms with Crippen LogP contribution in [0.3, 0.4) is 0 Å². The van der Waals surface area contributed by atoms with Crippen molar-refractivity contribution in [2.24, 2.45) is 4.99 Å². The van der Waals surface area contributed by atoms with Gasteiger partial charge in [-0.3, -0.25) is 4.90 Å². The number of nitrogens with one attached hydrogen (secondary N) is 2. The molecular weight excluding hydrogens is 396 g/mol. The maximum atomic E-state index is 4.84. The minimum absolute atomic E-state index is 0.450. The van der Waals surface area contributed by atoms with Crippen molar-refractivity contribution in [2.45, 2.75) is 64.7 Å². The first kappa shape index (κ1) is 22.6. The minimum atomic E-state index is 0.450. The van der Waals surface area contributed by atoms with E-state index >= 15 is 0 Å². The zero-order valence-electron chi connectivity index (χ0n) is 19.6. The molecule has 2 saturated heterocycles. The molecule has 2 aliphatic rings. The lowest BCUT2D eigenvalue weighted by atomic mass is 9.97. The zero-order valence-corrected chi connectivity index (χ0v) is 19.6. The Kier molecular flexibility index (Phi) is 7.99. The first-order valence-electron chi connectivity index (χ1n) is 12.2. The Hall–Kier alpha value is -2.60. The van der Waals surface area contributed by atoms with Gasteiger partial charge in [0.25, 0.3) is 0 Å². The smallest absolute Gasteiger partial charge is 0.191 e. The predicted molar refractivity (Wildman–Crippen MR) is 133 cm³/mol. The van der Waals surface area contributed by atoms with E-state index in [1.54, 1.807) is 0 Å². The number of hydrogen-bond acceptors (Lipinski definition) is 4. The molecular formula is C26H38N6. The van der Waals surface area contributed by atoms with Crippen LogP contribution in [0.25, 0.3) is 0 Å². The van der Waals surface area contributed by atoms with Crippen LogP contribution in [0.4, 0.5) is 5.82 Å². The highest BCUT2D eigenvalue weighted by molar-refractivity contribution is 5.80. The van der Waals surface area contributed by atoms with Crippen LogP contribution < -0.4 is 15.5 Å². The van der Waals surface area contributed by atoms with Gasteiger partial charge in [0.15, 0.2) is 5.96 Å². The van der Waals surface area contributed by atoms with Crippen LogP contribution in [0.5, 0.6) is 0 Å². The number of hydrogen-bond donors (Lipinski definition) is 2. The van der Waals surface area contributed by atoms with E-state index in [0.717, 1.165) is 62.9 Å². The Balaban J connectivity index is 1.29. The summed E-state index contributed by atoms with van der Waals surface area (Å²) in [6.45, 7) is 10.4. The second-order valence-electron chi connectivity index (χ2n) is 9.08. The van der Waals surface area contributed by atoms with Crippen molar-refractivity contribution in [3.8, 4) is 0 Å². The fourth-order valence-corrected chi connectivity index (χ4v) is 4.73. The summed E-state index contributed by atoms with van der Waals surface area (Å²) >= 11 is 0. The maximum Gasteiger partial charge on any atom is 0.191 e. The van der Waals surface area contributed by atoms with Crippen LogP contribution in [0.1, 0.15) is 50.7 Å². The fraction of sp³-hybridized carbons (Fsp3) is 0.538. The fourth-order valence-electron chi connectivity index (χ4n) is 4.73. The number of guanidine groups is 1. The van der Waals surface area contributed by atoms with E-state index < -0.39 is 0 Å². The third kappa shape index (κ3) is 6.22. The van der Waals surface area contributed by atoms with Crippen molar-refractivity contribution >= 4 is 11.8 Å². The van der Waals surface area contributed by atoms with Gasteiger partial charge in [-0.25, -0.2) is 9.98 Å². The number of likely N-dealkylation sites (tertiary alicyclic amines) is 1. The molecule has 6 nitrogen and oxygen atoms in total. The second-order valence-corrected chi connectivity index (χ2v) is 9.08. The molecule has 2 aromatic rings. The monoisotopic (exact) mass is 434 g/mol. The highest BCUT2D eigenvalue weighted by atomic mass is 15.2. The molecule has 0 spiro atoms. The van der Waals surface area contributed by atoms with E-state index in [0.29, 0.717) is 18.6 Å².